The van der Waals surface area contributed by atoms with Crippen molar-refractivity contribution in [3.05, 3.63) is 52.0 Å². The van der Waals surface area contributed by atoms with Gasteiger partial charge in [0.2, 0.25) is 5.91 Å². The number of hydrogen-bond donors (Lipinski definition) is 1. The van der Waals surface area contributed by atoms with Gasteiger partial charge in [0.15, 0.2) is 0 Å². The topological polar surface area (TPSA) is 48.5 Å². The molecule has 5 nitrogen and oxygen atoms in total. The number of carbonyl (C=O) groups excluding carboxylic acids is 1. The van der Waals surface area contributed by atoms with Crippen LogP contribution in [-0.2, 0) is 24.4 Å². The molecule has 1 N–H and O–H groups in total. The predicted molar refractivity (Wildman–Crippen MR) is 108 cm³/mol. The lowest BCUT2D eigenvalue weighted by molar-refractivity contribution is -0.119. The molecule has 4 heterocycles. The zero-order valence-corrected chi connectivity index (χ0v) is 16.6. The van der Waals surface area contributed by atoms with Gasteiger partial charge in [0.25, 0.3) is 0 Å². The highest BCUT2D eigenvalue weighted by atomic mass is 32.1. The quantitative estimate of drug-likeness (QED) is 0.760. The van der Waals surface area contributed by atoms with Crippen LogP contribution in [0.5, 0.6) is 0 Å². The normalized spacial score (nSPS) is 20.5. The summed E-state index contributed by atoms with van der Waals surface area (Å²) < 4.78 is 0. The Balaban J connectivity index is 1.40. The van der Waals surface area contributed by atoms with Crippen LogP contribution >= 0.6 is 11.3 Å². The van der Waals surface area contributed by atoms with E-state index in [9.17, 15) is 4.79 Å². The van der Waals surface area contributed by atoms with Crippen molar-refractivity contribution in [2.24, 2.45) is 0 Å². The smallest absolute Gasteiger partial charge is 0.220 e. The molecule has 0 aromatic carbocycles. The molecule has 2 aliphatic rings. The van der Waals surface area contributed by atoms with Gasteiger partial charge in [-0.25, -0.2) is 0 Å². The number of hydrogen-bond acceptors (Lipinski definition) is 5. The summed E-state index contributed by atoms with van der Waals surface area (Å²) in [5.74, 6) is 0.186. The van der Waals surface area contributed by atoms with Crippen molar-refractivity contribution in [3.63, 3.8) is 0 Å². The molecule has 2 aromatic heterocycles. The maximum absolute atomic E-state index is 11.6. The van der Waals surface area contributed by atoms with Crippen LogP contribution in [0.1, 0.15) is 41.7 Å². The molecule has 2 aromatic rings. The summed E-state index contributed by atoms with van der Waals surface area (Å²) in [5.41, 5.74) is 2.66. The second-order valence-electron chi connectivity index (χ2n) is 7.74. The highest BCUT2D eigenvalue weighted by molar-refractivity contribution is 7.10. The Bertz CT molecular complexity index is 742. The standard InChI is InChI=1S/C21H28N4OS/c26-21-6-5-19(23-21)14-25(12-17-4-3-7-22-11-17)15-20-10-18(16-27-20)13-24-8-1-2-9-24/h3-4,7,10-11,16,19H,1-2,5-6,8-9,12-15H2,(H,23,26)/t19-/m0/s1. The summed E-state index contributed by atoms with van der Waals surface area (Å²) in [6.07, 6.45) is 8.02. The van der Waals surface area contributed by atoms with E-state index >= 15 is 0 Å². The molecule has 0 unspecified atom stereocenters. The summed E-state index contributed by atoms with van der Waals surface area (Å²) in [4.78, 5) is 22.2. The maximum Gasteiger partial charge on any atom is 0.220 e. The number of nitrogens with zero attached hydrogens (tertiary/aromatic N) is 3. The van der Waals surface area contributed by atoms with Gasteiger partial charge in [-0.15, -0.1) is 11.3 Å². The lowest BCUT2D eigenvalue weighted by Gasteiger charge is -2.25. The molecule has 0 bridgehead atoms. The lowest BCUT2D eigenvalue weighted by Crippen LogP contribution is -2.38. The minimum Gasteiger partial charge on any atom is -0.352 e. The van der Waals surface area contributed by atoms with E-state index in [1.54, 1.807) is 0 Å². The molecule has 2 aliphatic heterocycles. The van der Waals surface area contributed by atoms with Gasteiger partial charge in [-0.05, 0) is 61.0 Å². The Kier molecular flexibility index (Phi) is 6.17. The second-order valence-corrected chi connectivity index (χ2v) is 8.73. The van der Waals surface area contributed by atoms with Crippen LogP contribution < -0.4 is 5.32 Å². The number of thiophene rings is 1. The van der Waals surface area contributed by atoms with Crippen molar-refractivity contribution in [1.29, 1.82) is 0 Å². The van der Waals surface area contributed by atoms with E-state index in [1.165, 1.54) is 41.9 Å². The number of amides is 1. The molecule has 0 saturated carbocycles. The van der Waals surface area contributed by atoms with Gasteiger partial charge >= 0.3 is 0 Å². The monoisotopic (exact) mass is 384 g/mol. The first-order valence-electron chi connectivity index (χ1n) is 9.94. The Morgan fingerprint density at radius 2 is 2.15 bits per heavy atom. The van der Waals surface area contributed by atoms with Crippen molar-refractivity contribution in [2.75, 3.05) is 19.6 Å². The molecule has 2 saturated heterocycles. The molecule has 1 atom stereocenters. The van der Waals surface area contributed by atoms with Gasteiger partial charge in [-0.1, -0.05) is 6.07 Å². The molecule has 4 rings (SSSR count). The van der Waals surface area contributed by atoms with E-state index in [4.69, 9.17) is 0 Å². The Morgan fingerprint density at radius 1 is 1.26 bits per heavy atom. The number of carbonyl (C=O) groups is 1. The van der Waals surface area contributed by atoms with Gasteiger partial charge in [0.05, 0.1) is 0 Å². The summed E-state index contributed by atoms with van der Waals surface area (Å²) in [6, 6.07) is 6.75. The zero-order valence-electron chi connectivity index (χ0n) is 15.8. The summed E-state index contributed by atoms with van der Waals surface area (Å²) >= 11 is 1.86. The van der Waals surface area contributed by atoms with E-state index < -0.39 is 0 Å². The molecule has 1 amide bonds. The van der Waals surface area contributed by atoms with Crippen LogP contribution in [0.2, 0.25) is 0 Å². The number of likely N-dealkylation sites (tertiary alicyclic amines) is 1. The van der Waals surface area contributed by atoms with Crippen molar-refractivity contribution in [1.82, 2.24) is 20.1 Å². The maximum atomic E-state index is 11.6. The highest BCUT2D eigenvalue weighted by Gasteiger charge is 2.23. The predicted octanol–water partition coefficient (Wildman–Crippen LogP) is 3.02. The Hall–Kier alpha value is -1.76. The summed E-state index contributed by atoms with van der Waals surface area (Å²) in [7, 11) is 0. The molecule has 0 aliphatic carbocycles. The van der Waals surface area contributed by atoms with Gasteiger partial charge in [-0.2, -0.15) is 0 Å². The van der Waals surface area contributed by atoms with Gasteiger partial charge in [0.1, 0.15) is 0 Å². The van der Waals surface area contributed by atoms with Crippen molar-refractivity contribution in [3.8, 4) is 0 Å². The van der Waals surface area contributed by atoms with Crippen LogP contribution in [0.25, 0.3) is 0 Å². The van der Waals surface area contributed by atoms with Crippen LogP contribution in [0.3, 0.4) is 0 Å². The fourth-order valence-corrected chi connectivity index (χ4v) is 4.99. The van der Waals surface area contributed by atoms with E-state index in [-0.39, 0.29) is 11.9 Å². The molecule has 144 valence electrons. The van der Waals surface area contributed by atoms with E-state index in [0.717, 1.165) is 32.6 Å². The second kappa shape index (κ2) is 8.95. The fraction of sp³-hybridized carbons (Fsp3) is 0.524. The SMILES string of the molecule is O=C1CC[C@@H](CN(Cc2cccnc2)Cc2cc(CN3CCCC3)cs2)N1. The van der Waals surface area contributed by atoms with E-state index in [0.29, 0.717) is 6.42 Å². The number of pyridine rings is 1. The van der Waals surface area contributed by atoms with Gasteiger partial charge in [0, 0.05) is 55.9 Å². The van der Waals surface area contributed by atoms with Gasteiger partial charge in [-0.3, -0.25) is 19.6 Å². The zero-order chi connectivity index (χ0) is 18.5. The first kappa shape index (κ1) is 18.6. The molecular weight excluding hydrogens is 356 g/mol. The van der Waals surface area contributed by atoms with Gasteiger partial charge < -0.3 is 5.32 Å². The lowest BCUT2D eigenvalue weighted by atomic mass is 10.2. The average molecular weight is 385 g/mol. The summed E-state index contributed by atoms with van der Waals surface area (Å²) in [6.45, 7) is 6.22. The third-order valence-corrected chi connectivity index (χ3v) is 6.36. The highest BCUT2D eigenvalue weighted by Crippen LogP contribution is 2.22. The minimum atomic E-state index is 0.186. The fourth-order valence-electron chi connectivity index (χ4n) is 4.07. The molecule has 27 heavy (non-hydrogen) atoms. The number of aromatic nitrogens is 1. The van der Waals surface area contributed by atoms with Crippen LogP contribution in [-0.4, -0.2) is 46.4 Å². The molecule has 6 heteroatoms. The molecule has 0 spiro atoms. The van der Waals surface area contributed by atoms with Crippen LogP contribution in [0.4, 0.5) is 0 Å². The average Bonchev–Trinajstić information content (AvgIpc) is 3.40. The van der Waals surface area contributed by atoms with Crippen LogP contribution in [0.15, 0.2) is 36.0 Å². The third-order valence-electron chi connectivity index (χ3n) is 5.38. The Labute approximate surface area is 165 Å². The first-order valence-corrected chi connectivity index (χ1v) is 10.8. The largest absolute Gasteiger partial charge is 0.352 e. The van der Waals surface area contributed by atoms with Crippen molar-refractivity contribution < 1.29 is 4.79 Å². The van der Waals surface area contributed by atoms with E-state index in [2.05, 4.69) is 37.6 Å². The van der Waals surface area contributed by atoms with Crippen molar-refractivity contribution >= 4 is 17.2 Å². The number of rotatable bonds is 8. The number of nitrogens with one attached hydrogen (secondary N) is 1. The van der Waals surface area contributed by atoms with Crippen LogP contribution in [0, 0.1) is 0 Å². The molecule has 2 fully saturated rings. The van der Waals surface area contributed by atoms with Crippen molar-refractivity contribution in [2.45, 2.75) is 51.4 Å². The minimum absolute atomic E-state index is 0.186. The Morgan fingerprint density at radius 3 is 2.89 bits per heavy atom. The van der Waals surface area contributed by atoms with E-state index in [1.807, 2.05) is 29.8 Å². The first-order chi connectivity index (χ1) is 13.2. The third kappa shape index (κ3) is 5.37. The summed E-state index contributed by atoms with van der Waals surface area (Å²) in [5, 5.41) is 5.42. The molecular formula is C21H28N4OS. The molecule has 0 radical (unpaired) electrons.